The highest BCUT2D eigenvalue weighted by atomic mass is 16.5. The molecule has 0 fully saturated rings. The maximum Gasteiger partial charge on any atom is 0.407 e. The van der Waals surface area contributed by atoms with E-state index in [1.165, 1.54) is 13.5 Å². The Morgan fingerprint density at radius 2 is 1.20 bits per heavy atom. The van der Waals surface area contributed by atoms with Crippen molar-refractivity contribution in [3.05, 3.63) is 121 Å². The summed E-state index contributed by atoms with van der Waals surface area (Å²) in [5.74, 6) is 1.24. The number of benzene rings is 4. The van der Waals surface area contributed by atoms with Crippen LogP contribution in [0.15, 0.2) is 103 Å². The van der Waals surface area contributed by atoms with Crippen molar-refractivity contribution in [3.8, 4) is 33.6 Å². The highest BCUT2D eigenvalue weighted by Crippen LogP contribution is 2.30. The summed E-state index contributed by atoms with van der Waals surface area (Å²) in [7, 11) is 1.26. The smallest absolute Gasteiger partial charge is 0.407 e. The van der Waals surface area contributed by atoms with Crippen LogP contribution in [0.4, 0.5) is 4.79 Å². The summed E-state index contributed by atoms with van der Waals surface area (Å²) in [6.45, 7) is 12.8. The van der Waals surface area contributed by atoms with Gasteiger partial charge in [0, 0.05) is 18.7 Å². The first-order chi connectivity index (χ1) is 28.7. The van der Waals surface area contributed by atoms with Crippen molar-refractivity contribution in [2.75, 3.05) is 33.3 Å². The summed E-state index contributed by atoms with van der Waals surface area (Å²) in [6, 6.07) is 30.6. The fourth-order valence-corrected chi connectivity index (χ4v) is 6.79. The number of alkyl carbamates (subject to hydrolysis) is 1. The molecule has 3 amide bonds. The third-order valence-corrected chi connectivity index (χ3v) is 9.63. The van der Waals surface area contributed by atoms with Gasteiger partial charge in [0.2, 0.25) is 11.8 Å². The van der Waals surface area contributed by atoms with Crippen molar-refractivity contribution in [2.24, 2.45) is 0 Å². The highest BCUT2D eigenvalue weighted by molar-refractivity contribution is 5.90. The standard InChI is InChI=1S/C44H50N8O4.C3H8/c1-5-21-51(41(53)27-48-44(55)56-4)28-39-47-26-38(50-39)36-20-19-34-23-33(17-18-35(34)24-36)30-13-15-31(16-14-30)37-25-46-40(49-37)29-52(22-6-2)43(54)42(45-7-3)32-11-9-8-10-12-32;1-3-2/h8-20,23-26,42,45H,5-7,21-22,27-29H2,1-4H3,(H,46,49)(H,47,50)(H,48,55);3H2,1-2H3. The molecule has 12 nitrogen and oxygen atoms in total. The molecular weight excluding hydrogens is 741 g/mol. The number of methoxy groups -OCH3 is 1. The lowest BCUT2D eigenvalue weighted by atomic mass is 9.98. The maximum absolute atomic E-state index is 13.7. The SMILES string of the molecule is CCC.CCCN(Cc1ncc(-c2ccc3cc(-c4ccc(-c5cnc(CN(CCC)C(=O)C(NCC)c6ccccc6)[nH]5)cc4)ccc3c2)[nH]1)C(=O)CNC(=O)OC. The van der Waals surface area contributed by atoms with Gasteiger partial charge in [0.05, 0.1) is 44.0 Å². The molecule has 0 aliphatic rings. The number of hydrogen-bond donors (Lipinski definition) is 4. The first-order valence-corrected chi connectivity index (χ1v) is 20.6. The molecule has 4 aromatic carbocycles. The van der Waals surface area contributed by atoms with E-state index in [2.05, 4.69) is 117 Å². The Labute approximate surface area is 347 Å². The van der Waals surface area contributed by atoms with Crippen molar-refractivity contribution in [2.45, 2.75) is 73.0 Å². The monoisotopic (exact) mass is 798 g/mol. The van der Waals surface area contributed by atoms with Gasteiger partial charge in [-0.05, 0) is 64.5 Å². The van der Waals surface area contributed by atoms with E-state index in [9.17, 15) is 14.4 Å². The predicted molar refractivity (Wildman–Crippen MR) is 235 cm³/mol. The van der Waals surface area contributed by atoms with Crippen LogP contribution in [0, 0.1) is 0 Å². The van der Waals surface area contributed by atoms with Gasteiger partial charge in [-0.1, -0.05) is 120 Å². The van der Waals surface area contributed by atoms with Crippen molar-refractivity contribution in [3.63, 3.8) is 0 Å². The highest BCUT2D eigenvalue weighted by Gasteiger charge is 2.26. The zero-order valence-corrected chi connectivity index (χ0v) is 35.2. The Bertz CT molecular complexity index is 2250. The fraction of sp³-hybridized carbons (Fsp3) is 0.340. The van der Waals surface area contributed by atoms with Crippen LogP contribution in [-0.2, 0) is 27.4 Å². The largest absolute Gasteiger partial charge is 0.453 e. The Kier molecular flexibility index (Phi) is 16.4. The Balaban J connectivity index is 0.00000214. The van der Waals surface area contributed by atoms with E-state index in [0.29, 0.717) is 38.5 Å². The number of carbonyl (C=O) groups excluding carboxylic acids is 3. The number of imidazole rings is 2. The van der Waals surface area contributed by atoms with Gasteiger partial charge in [-0.2, -0.15) is 0 Å². The summed E-state index contributed by atoms with van der Waals surface area (Å²) in [4.78, 5) is 57.5. The second-order valence-electron chi connectivity index (χ2n) is 14.4. The molecule has 6 aromatic rings. The van der Waals surface area contributed by atoms with Gasteiger partial charge in [0.25, 0.3) is 0 Å². The third kappa shape index (κ3) is 11.9. The van der Waals surface area contributed by atoms with Crippen molar-refractivity contribution in [1.82, 2.24) is 40.4 Å². The molecule has 12 heteroatoms. The molecule has 1 unspecified atom stereocenters. The molecule has 0 aliphatic heterocycles. The number of nitrogens with zero attached hydrogens (tertiary/aromatic N) is 4. The number of amides is 3. The first kappa shape index (κ1) is 43.8. The van der Waals surface area contributed by atoms with E-state index in [-0.39, 0.29) is 18.4 Å². The molecule has 310 valence electrons. The van der Waals surface area contributed by atoms with Crippen LogP contribution in [0.25, 0.3) is 44.4 Å². The second-order valence-corrected chi connectivity index (χ2v) is 14.4. The third-order valence-electron chi connectivity index (χ3n) is 9.63. The number of hydrogen-bond acceptors (Lipinski definition) is 7. The van der Waals surface area contributed by atoms with E-state index in [4.69, 9.17) is 0 Å². The summed E-state index contributed by atoms with van der Waals surface area (Å²) in [5, 5.41) is 8.02. The molecule has 0 saturated heterocycles. The molecule has 0 saturated carbocycles. The summed E-state index contributed by atoms with van der Waals surface area (Å²) < 4.78 is 4.58. The lowest BCUT2D eigenvalue weighted by molar-refractivity contribution is -0.134. The van der Waals surface area contributed by atoms with Crippen LogP contribution in [0.5, 0.6) is 0 Å². The van der Waals surface area contributed by atoms with E-state index in [0.717, 1.165) is 68.6 Å². The minimum atomic E-state index is -0.643. The number of rotatable bonds is 17. The Morgan fingerprint density at radius 3 is 1.80 bits per heavy atom. The Hall–Kier alpha value is -6.27. The number of fused-ring (bicyclic) bond motifs is 1. The predicted octanol–water partition coefficient (Wildman–Crippen LogP) is 8.89. The molecule has 2 heterocycles. The van der Waals surface area contributed by atoms with Crippen LogP contribution in [0.1, 0.15) is 77.1 Å². The number of nitrogens with one attached hydrogen (secondary N) is 4. The molecule has 0 spiro atoms. The van der Waals surface area contributed by atoms with Gasteiger partial charge in [-0.3, -0.25) is 9.59 Å². The van der Waals surface area contributed by atoms with E-state index in [1.54, 1.807) is 11.1 Å². The van der Waals surface area contributed by atoms with Crippen LogP contribution in [0.3, 0.4) is 0 Å². The number of H-pyrrole nitrogens is 2. The van der Waals surface area contributed by atoms with Gasteiger partial charge in [-0.15, -0.1) is 0 Å². The molecule has 6 rings (SSSR count). The number of aromatic amines is 2. The molecule has 2 aromatic heterocycles. The fourth-order valence-electron chi connectivity index (χ4n) is 6.79. The van der Waals surface area contributed by atoms with Crippen LogP contribution < -0.4 is 10.6 Å². The first-order valence-electron chi connectivity index (χ1n) is 20.6. The topological polar surface area (TPSA) is 148 Å². The molecule has 4 N–H and O–H groups in total. The summed E-state index contributed by atoms with van der Waals surface area (Å²) in [5.41, 5.74) is 6.92. The van der Waals surface area contributed by atoms with E-state index < -0.39 is 12.1 Å². The maximum atomic E-state index is 13.7. The van der Waals surface area contributed by atoms with Gasteiger partial charge in [0.15, 0.2) is 0 Å². The lowest BCUT2D eigenvalue weighted by Gasteiger charge is -2.27. The number of carbonyl (C=O) groups is 3. The van der Waals surface area contributed by atoms with E-state index in [1.807, 2.05) is 55.3 Å². The van der Waals surface area contributed by atoms with Crippen molar-refractivity contribution in [1.29, 1.82) is 0 Å². The molecule has 59 heavy (non-hydrogen) atoms. The molecule has 0 radical (unpaired) electrons. The average Bonchev–Trinajstić information content (AvgIpc) is 3.94. The molecule has 0 bridgehead atoms. The molecular formula is C47H58N8O4. The zero-order valence-electron chi connectivity index (χ0n) is 35.2. The Morgan fingerprint density at radius 1 is 0.678 bits per heavy atom. The molecule has 1 atom stereocenters. The van der Waals surface area contributed by atoms with Gasteiger partial charge >= 0.3 is 6.09 Å². The van der Waals surface area contributed by atoms with Gasteiger partial charge < -0.3 is 35.1 Å². The minimum absolute atomic E-state index is 0.0387. The summed E-state index contributed by atoms with van der Waals surface area (Å²) >= 11 is 0. The van der Waals surface area contributed by atoms with E-state index >= 15 is 0 Å². The number of likely N-dealkylation sites (N-methyl/N-ethyl adjacent to an activating group) is 1. The average molecular weight is 799 g/mol. The number of ether oxygens (including phenoxy) is 1. The number of aromatic nitrogens is 4. The minimum Gasteiger partial charge on any atom is -0.453 e. The van der Waals surface area contributed by atoms with Gasteiger partial charge in [0.1, 0.15) is 24.2 Å². The van der Waals surface area contributed by atoms with Gasteiger partial charge in [-0.25, -0.2) is 14.8 Å². The van der Waals surface area contributed by atoms with Crippen LogP contribution >= 0.6 is 0 Å². The lowest BCUT2D eigenvalue weighted by Crippen LogP contribution is -2.41. The second kappa shape index (κ2) is 22.0. The normalized spacial score (nSPS) is 11.4. The summed E-state index contributed by atoms with van der Waals surface area (Å²) in [6.07, 6.45) is 5.84. The van der Waals surface area contributed by atoms with Crippen LogP contribution in [-0.4, -0.2) is 80.9 Å². The molecule has 0 aliphatic carbocycles. The van der Waals surface area contributed by atoms with Crippen molar-refractivity contribution >= 4 is 28.7 Å². The van der Waals surface area contributed by atoms with Crippen LogP contribution in [0.2, 0.25) is 0 Å². The quantitative estimate of drug-likeness (QED) is 0.0721. The van der Waals surface area contributed by atoms with Crippen molar-refractivity contribution < 1.29 is 19.1 Å². The zero-order chi connectivity index (χ0) is 42.1.